The van der Waals surface area contributed by atoms with Gasteiger partial charge in [-0.25, -0.2) is 0 Å². The SMILES string of the molecule is Cc1ccc(NC(=O)CN2CC(N)Cc3ccccc32)cc1C. The number of hydrogen-bond acceptors (Lipinski definition) is 3. The first kappa shape index (κ1) is 15.6. The highest BCUT2D eigenvalue weighted by molar-refractivity contribution is 5.94. The highest BCUT2D eigenvalue weighted by atomic mass is 16.2. The molecule has 3 rings (SSSR count). The Bertz CT molecular complexity index is 726. The minimum Gasteiger partial charge on any atom is -0.360 e. The van der Waals surface area contributed by atoms with E-state index in [2.05, 4.69) is 29.3 Å². The third-order valence-corrected chi connectivity index (χ3v) is 4.39. The van der Waals surface area contributed by atoms with Gasteiger partial charge in [0.25, 0.3) is 0 Å². The molecular formula is C19H23N3O. The van der Waals surface area contributed by atoms with Gasteiger partial charge in [0.2, 0.25) is 5.91 Å². The largest absolute Gasteiger partial charge is 0.360 e. The number of fused-ring (bicyclic) bond motifs is 1. The van der Waals surface area contributed by atoms with E-state index in [9.17, 15) is 4.79 Å². The van der Waals surface area contributed by atoms with Crippen molar-refractivity contribution in [1.82, 2.24) is 0 Å². The summed E-state index contributed by atoms with van der Waals surface area (Å²) in [4.78, 5) is 14.5. The molecule has 23 heavy (non-hydrogen) atoms. The predicted octanol–water partition coefficient (Wildman–Crippen LogP) is 2.63. The molecule has 0 saturated heterocycles. The second-order valence-corrected chi connectivity index (χ2v) is 6.32. The summed E-state index contributed by atoms with van der Waals surface area (Å²) in [5.41, 5.74) is 11.7. The van der Waals surface area contributed by atoms with Crippen molar-refractivity contribution in [2.45, 2.75) is 26.3 Å². The van der Waals surface area contributed by atoms with Gasteiger partial charge < -0.3 is 16.0 Å². The second-order valence-electron chi connectivity index (χ2n) is 6.32. The molecule has 4 nitrogen and oxygen atoms in total. The lowest BCUT2D eigenvalue weighted by atomic mass is 9.98. The first-order chi connectivity index (χ1) is 11.0. The first-order valence-corrected chi connectivity index (χ1v) is 7.98. The number of nitrogens with zero attached hydrogens (tertiary/aromatic N) is 1. The summed E-state index contributed by atoms with van der Waals surface area (Å²) >= 11 is 0. The summed E-state index contributed by atoms with van der Waals surface area (Å²) in [6, 6.07) is 14.2. The van der Waals surface area contributed by atoms with Crippen LogP contribution in [0.4, 0.5) is 11.4 Å². The number of carbonyl (C=O) groups is 1. The molecule has 2 aromatic rings. The molecule has 0 aromatic heterocycles. The van der Waals surface area contributed by atoms with Crippen molar-refractivity contribution in [3.05, 3.63) is 59.2 Å². The lowest BCUT2D eigenvalue weighted by Gasteiger charge is -2.34. The number of para-hydroxylation sites is 1. The minimum absolute atomic E-state index is 0.0165. The Morgan fingerprint density at radius 1 is 1.22 bits per heavy atom. The van der Waals surface area contributed by atoms with Crippen LogP contribution in [0.15, 0.2) is 42.5 Å². The molecule has 1 amide bonds. The van der Waals surface area contributed by atoms with Crippen LogP contribution in [0.3, 0.4) is 0 Å². The number of benzene rings is 2. The number of anilines is 2. The maximum Gasteiger partial charge on any atom is 0.243 e. The van der Waals surface area contributed by atoms with Crippen molar-refractivity contribution in [3.8, 4) is 0 Å². The van der Waals surface area contributed by atoms with E-state index in [0.717, 1.165) is 17.8 Å². The van der Waals surface area contributed by atoms with E-state index < -0.39 is 0 Å². The van der Waals surface area contributed by atoms with Crippen molar-refractivity contribution < 1.29 is 4.79 Å². The van der Waals surface area contributed by atoms with Gasteiger partial charge in [-0.3, -0.25) is 4.79 Å². The molecule has 0 radical (unpaired) electrons. The Labute approximate surface area is 137 Å². The Morgan fingerprint density at radius 3 is 2.78 bits per heavy atom. The molecular weight excluding hydrogens is 286 g/mol. The zero-order valence-electron chi connectivity index (χ0n) is 13.7. The van der Waals surface area contributed by atoms with Crippen molar-refractivity contribution in [2.24, 2.45) is 5.73 Å². The van der Waals surface area contributed by atoms with E-state index in [1.165, 1.54) is 16.7 Å². The average molecular weight is 309 g/mol. The molecule has 1 aliphatic rings. The number of amides is 1. The molecule has 3 N–H and O–H groups in total. The standard InChI is InChI=1S/C19H23N3O/c1-13-7-8-17(9-14(13)2)21-19(23)12-22-11-16(20)10-15-5-3-4-6-18(15)22/h3-9,16H,10-12,20H2,1-2H3,(H,21,23). The number of nitrogens with one attached hydrogen (secondary N) is 1. The summed E-state index contributed by atoms with van der Waals surface area (Å²) < 4.78 is 0. The van der Waals surface area contributed by atoms with Crippen molar-refractivity contribution in [2.75, 3.05) is 23.3 Å². The van der Waals surface area contributed by atoms with E-state index in [-0.39, 0.29) is 11.9 Å². The van der Waals surface area contributed by atoms with Crippen LogP contribution in [-0.2, 0) is 11.2 Å². The molecule has 1 heterocycles. The molecule has 1 aliphatic heterocycles. The summed E-state index contributed by atoms with van der Waals surface area (Å²) in [5.74, 6) is -0.0165. The third-order valence-electron chi connectivity index (χ3n) is 4.39. The number of aryl methyl sites for hydroxylation is 2. The van der Waals surface area contributed by atoms with Crippen LogP contribution in [0.2, 0.25) is 0 Å². The Hall–Kier alpha value is -2.33. The molecule has 0 aliphatic carbocycles. The molecule has 0 saturated carbocycles. The molecule has 1 atom stereocenters. The van der Waals surface area contributed by atoms with Gasteiger partial charge in [0.05, 0.1) is 6.54 Å². The summed E-state index contributed by atoms with van der Waals surface area (Å²) in [6.07, 6.45) is 0.867. The molecule has 0 bridgehead atoms. The molecule has 0 spiro atoms. The fourth-order valence-electron chi connectivity index (χ4n) is 3.06. The van der Waals surface area contributed by atoms with Crippen molar-refractivity contribution in [3.63, 3.8) is 0 Å². The Balaban J connectivity index is 1.71. The highest BCUT2D eigenvalue weighted by Crippen LogP contribution is 2.26. The Morgan fingerprint density at radius 2 is 2.00 bits per heavy atom. The fraction of sp³-hybridized carbons (Fsp3) is 0.316. The number of nitrogens with two attached hydrogens (primary N) is 1. The second kappa shape index (κ2) is 6.42. The number of hydrogen-bond donors (Lipinski definition) is 2. The van der Waals surface area contributed by atoms with Gasteiger partial charge in [-0.1, -0.05) is 24.3 Å². The molecule has 0 fully saturated rings. The average Bonchev–Trinajstić information content (AvgIpc) is 2.51. The van der Waals surface area contributed by atoms with Gasteiger partial charge in [-0.15, -0.1) is 0 Å². The van der Waals surface area contributed by atoms with Crippen molar-refractivity contribution in [1.29, 1.82) is 0 Å². The third kappa shape index (κ3) is 3.54. The zero-order valence-corrected chi connectivity index (χ0v) is 13.7. The summed E-state index contributed by atoms with van der Waals surface area (Å²) in [7, 11) is 0. The van der Waals surface area contributed by atoms with E-state index in [0.29, 0.717) is 13.1 Å². The van der Waals surface area contributed by atoms with Gasteiger partial charge in [-0.05, 0) is 55.2 Å². The summed E-state index contributed by atoms with van der Waals surface area (Å²) in [6.45, 7) is 5.13. The van der Waals surface area contributed by atoms with Gasteiger partial charge in [0, 0.05) is 24.0 Å². The summed E-state index contributed by atoms with van der Waals surface area (Å²) in [5, 5.41) is 2.98. The predicted molar refractivity (Wildman–Crippen MR) is 94.9 cm³/mol. The number of carbonyl (C=O) groups excluding carboxylic acids is 1. The molecule has 2 aromatic carbocycles. The highest BCUT2D eigenvalue weighted by Gasteiger charge is 2.23. The zero-order chi connectivity index (χ0) is 16.4. The van der Waals surface area contributed by atoms with Crippen molar-refractivity contribution >= 4 is 17.3 Å². The maximum absolute atomic E-state index is 12.4. The van der Waals surface area contributed by atoms with Gasteiger partial charge in [0.15, 0.2) is 0 Å². The van der Waals surface area contributed by atoms with Crippen LogP contribution in [0.1, 0.15) is 16.7 Å². The normalized spacial score (nSPS) is 16.8. The van der Waals surface area contributed by atoms with E-state index in [1.54, 1.807) is 0 Å². The topological polar surface area (TPSA) is 58.4 Å². The van der Waals surface area contributed by atoms with Gasteiger partial charge in [-0.2, -0.15) is 0 Å². The van der Waals surface area contributed by atoms with Crippen LogP contribution in [0, 0.1) is 13.8 Å². The fourth-order valence-corrected chi connectivity index (χ4v) is 3.06. The molecule has 4 heteroatoms. The molecule has 120 valence electrons. The van der Waals surface area contributed by atoms with Crippen LogP contribution >= 0.6 is 0 Å². The van der Waals surface area contributed by atoms with Crippen LogP contribution in [0.25, 0.3) is 0 Å². The van der Waals surface area contributed by atoms with E-state index >= 15 is 0 Å². The first-order valence-electron chi connectivity index (χ1n) is 7.98. The maximum atomic E-state index is 12.4. The van der Waals surface area contributed by atoms with Gasteiger partial charge in [0.1, 0.15) is 0 Å². The van der Waals surface area contributed by atoms with E-state index in [4.69, 9.17) is 5.73 Å². The quantitative estimate of drug-likeness (QED) is 0.916. The minimum atomic E-state index is -0.0165. The number of rotatable bonds is 3. The Kier molecular flexibility index (Phi) is 4.35. The monoisotopic (exact) mass is 309 g/mol. The lowest BCUT2D eigenvalue weighted by molar-refractivity contribution is -0.115. The van der Waals surface area contributed by atoms with Gasteiger partial charge >= 0.3 is 0 Å². The lowest BCUT2D eigenvalue weighted by Crippen LogP contribution is -2.46. The van der Waals surface area contributed by atoms with Crippen LogP contribution < -0.4 is 16.0 Å². The van der Waals surface area contributed by atoms with E-state index in [1.807, 2.05) is 37.3 Å². The van der Waals surface area contributed by atoms with Crippen LogP contribution in [0.5, 0.6) is 0 Å². The van der Waals surface area contributed by atoms with Crippen LogP contribution in [-0.4, -0.2) is 25.0 Å². The molecule has 1 unspecified atom stereocenters. The smallest absolute Gasteiger partial charge is 0.243 e.